The second kappa shape index (κ2) is 10.5. The monoisotopic (exact) mass is 362 g/mol. The highest BCUT2D eigenvalue weighted by atomic mass is 16.5. The number of ether oxygens (including phenoxy) is 1. The molecule has 7 heteroatoms. The summed E-state index contributed by atoms with van der Waals surface area (Å²) < 4.78 is 5.09. The van der Waals surface area contributed by atoms with Crippen LogP contribution in [-0.4, -0.2) is 61.7 Å². The predicted molar refractivity (Wildman–Crippen MR) is 103 cm³/mol. The molecule has 0 unspecified atom stereocenters. The molecule has 3 N–H and O–H groups in total. The third kappa shape index (κ3) is 6.13. The zero-order chi connectivity index (χ0) is 18.8. The first-order chi connectivity index (χ1) is 12.6. The van der Waals surface area contributed by atoms with E-state index in [9.17, 15) is 9.90 Å². The van der Waals surface area contributed by atoms with Gasteiger partial charge in [-0.1, -0.05) is 6.07 Å². The largest absolute Gasteiger partial charge is 0.508 e. The molecular formula is C19H30N4O3. The molecule has 1 aromatic carbocycles. The van der Waals surface area contributed by atoms with Gasteiger partial charge in [0.15, 0.2) is 5.96 Å². The van der Waals surface area contributed by atoms with Crippen molar-refractivity contribution < 1.29 is 14.6 Å². The molecular weight excluding hydrogens is 332 g/mol. The van der Waals surface area contributed by atoms with Gasteiger partial charge < -0.3 is 25.4 Å². The van der Waals surface area contributed by atoms with Gasteiger partial charge >= 0.3 is 0 Å². The molecule has 0 radical (unpaired) electrons. The Hall–Kier alpha value is -2.44. The molecule has 1 aliphatic rings. The second-order valence-electron chi connectivity index (χ2n) is 6.27. The number of hydrogen-bond acceptors (Lipinski definition) is 4. The van der Waals surface area contributed by atoms with Crippen LogP contribution >= 0.6 is 0 Å². The summed E-state index contributed by atoms with van der Waals surface area (Å²) in [5.74, 6) is 1.90. The van der Waals surface area contributed by atoms with Gasteiger partial charge in [0, 0.05) is 45.2 Å². The molecule has 26 heavy (non-hydrogen) atoms. The Bertz CT molecular complexity index is 619. The van der Waals surface area contributed by atoms with Crippen molar-refractivity contribution in [2.24, 2.45) is 4.99 Å². The average Bonchev–Trinajstić information content (AvgIpc) is 3.04. The van der Waals surface area contributed by atoms with E-state index in [0.717, 1.165) is 44.0 Å². The van der Waals surface area contributed by atoms with Crippen LogP contribution in [0.3, 0.4) is 0 Å². The molecule has 0 aliphatic carbocycles. The van der Waals surface area contributed by atoms with Gasteiger partial charge in [-0.15, -0.1) is 0 Å². The molecule has 144 valence electrons. The number of guanidine groups is 1. The SMILES string of the molecule is CCNC(=NCCCN1CCCC1=O)NCCc1ccc(OC)cc1O. The number of phenols is 1. The summed E-state index contributed by atoms with van der Waals surface area (Å²) in [5.41, 5.74) is 0.863. The maximum Gasteiger partial charge on any atom is 0.222 e. The first kappa shape index (κ1) is 19.9. The summed E-state index contributed by atoms with van der Waals surface area (Å²) in [4.78, 5) is 18.1. The lowest BCUT2D eigenvalue weighted by molar-refractivity contribution is -0.127. The Morgan fingerprint density at radius 2 is 2.23 bits per heavy atom. The van der Waals surface area contributed by atoms with E-state index in [1.54, 1.807) is 13.2 Å². The molecule has 0 aromatic heterocycles. The van der Waals surface area contributed by atoms with Crippen LogP contribution in [0.25, 0.3) is 0 Å². The van der Waals surface area contributed by atoms with E-state index >= 15 is 0 Å². The molecule has 0 saturated carbocycles. The number of methoxy groups -OCH3 is 1. The highest BCUT2D eigenvalue weighted by Gasteiger charge is 2.18. The number of nitrogens with zero attached hydrogens (tertiary/aromatic N) is 2. The van der Waals surface area contributed by atoms with E-state index in [1.807, 2.05) is 24.0 Å². The van der Waals surface area contributed by atoms with Gasteiger partial charge in [-0.2, -0.15) is 0 Å². The zero-order valence-electron chi connectivity index (χ0n) is 15.8. The molecule has 7 nitrogen and oxygen atoms in total. The fraction of sp³-hybridized carbons (Fsp3) is 0.579. The van der Waals surface area contributed by atoms with Crippen molar-refractivity contribution in [3.05, 3.63) is 23.8 Å². The lowest BCUT2D eigenvalue weighted by Gasteiger charge is -2.15. The lowest BCUT2D eigenvalue weighted by atomic mass is 10.1. The number of rotatable bonds is 9. The van der Waals surface area contributed by atoms with E-state index in [-0.39, 0.29) is 11.7 Å². The Morgan fingerprint density at radius 3 is 2.88 bits per heavy atom. The Balaban J connectivity index is 1.75. The van der Waals surface area contributed by atoms with Gasteiger partial charge in [0.25, 0.3) is 0 Å². The molecule has 0 bridgehead atoms. The zero-order valence-corrected chi connectivity index (χ0v) is 15.8. The average molecular weight is 362 g/mol. The van der Waals surface area contributed by atoms with Crippen molar-refractivity contribution in [1.82, 2.24) is 15.5 Å². The Labute approximate surface area is 155 Å². The van der Waals surface area contributed by atoms with Crippen LogP contribution in [0.4, 0.5) is 0 Å². The summed E-state index contributed by atoms with van der Waals surface area (Å²) in [7, 11) is 1.58. The summed E-state index contributed by atoms with van der Waals surface area (Å²) >= 11 is 0. The van der Waals surface area contributed by atoms with E-state index in [4.69, 9.17) is 4.74 Å². The second-order valence-corrected chi connectivity index (χ2v) is 6.27. The van der Waals surface area contributed by atoms with Crippen LogP contribution in [0.5, 0.6) is 11.5 Å². The fourth-order valence-corrected chi connectivity index (χ4v) is 2.93. The van der Waals surface area contributed by atoms with Crippen LogP contribution in [0.15, 0.2) is 23.2 Å². The van der Waals surface area contributed by atoms with Gasteiger partial charge in [0.05, 0.1) is 7.11 Å². The maximum absolute atomic E-state index is 11.6. The number of benzene rings is 1. The van der Waals surface area contributed by atoms with E-state index < -0.39 is 0 Å². The Kier molecular flexibility index (Phi) is 8.05. The minimum Gasteiger partial charge on any atom is -0.508 e. The first-order valence-corrected chi connectivity index (χ1v) is 9.30. The lowest BCUT2D eigenvalue weighted by Crippen LogP contribution is -2.38. The number of carbonyl (C=O) groups is 1. The molecule has 0 spiro atoms. The number of hydrogen-bond donors (Lipinski definition) is 3. The third-order valence-corrected chi connectivity index (χ3v) is 4.35. The highest BCUT2D eigenvalue weighted by Crippen LogP contribution is 2.23. The first-order valence-electron chi connectivity index (χ1n) is 9.30. The summed E-state index contributed by atoms with van der Waals surface area (Å²) in [6.45, 7) is 5.80. The van der Waals surface area contributed by atoms with Gasteiger partial charge in [0.1, 0.15) is 11.5 Å². The number of likely N-dealkylation sites (tertiary alicyclic amines) is 1. The van der Waals surface area contributed by atoms with Crippen LogP contribution in [0.2, 0.25) is 0 Å². The summed E-state index contributed by atoms with van der Waals surface area (Å²) in [5, 5.41) is 16.5. The molecule has 1 aliphatic heterocycles. The maximum atomic E-state index is 11.6. The summed E-state index contributed by atoms with van der Waals surface area (Å²) in [6.07, 6.45) is 3.21. The van der Waals surface area contributed by atoms with E-state index in [2.05, 4.69) is 15.6 Å². The molecule has 1 amide bonds. The van der Waals surface area contributed by atoms with Gasteiger partial charge in [0.2, 0.25) is 5.91 Å². The highest BCUT2D eigenvalue weighted by molar-refractivity contribution is 5.79. The van der Waals surface area contributed by atoms with Crippen molar-refractivity contribution >= 4 is 11.9 Å². The normalized spacial score (nSPS) is 14.6. The van der Waals surface area contributed by atoms with Crippen LogP contribution in [-0.2, 0) is 11.2 Å². The molecule has 1 fully saturated rings. The summed E-state index contributed by atoms with van der Waals surface area (Å²) in [6, 6.07) is 5.33. The van der Waals surface area contributed by atoms with Gasteiger partial charge in [-0.05, 0) is 37.8 Å². The van der Waals surface area contributed by atoms with E-state index in [1.165, 1.54) is 0 Å². The van der Waals surface area contributed by atoms with Gasteiger partial charge in [-0.25, -0.2) is 0 Å². The topological polar surface area (TPSA) is 86.2 Å². The standard InChI is InChI=1S/C19H30N4O3/c1-3-20-19(21-10-5-13-23-12-4-6-18(23)25)22-11-9-15-7-8-16(26-2)14-17(15)24/h7-8,14,24H,3-6,9-13H2,1-2H3,(H2,20,21,22). The van der Waals surface area contributed by atoms with E-state index in [0.29, 0.717) is 31.7 Å². The number of nitrogens with one attached hydrogen (secondary N) is 2. The van der Waals surface area contributed by atoms with Crippen molar-refractivity contribution in [3.8, 4) is 11.5 Å². The molecule has 1 aromatic rings. The molecule has 1 saturated heterocycles. The predicted octanol–water partition coefficient (Wildman–Crippen LogP) is 1.51. The van der Waals surface area contributed by atoms with Crippen molar-refractivity contribution in [2.45, 2.75) is 32.6 Å². The van der Waals surface area contributed by atoms with Crippen molar-refractivity contribution in [1.29, 1.82) is 0 Å². The minimum absolute atomic E-state index is 0.239. The number of amides is 1. The molecule has 1 heterocycles. The molecule has 2 rings (SSSR count). The van der Waals surface area contributed by atoms with Gasteiger partial charge in [-0.3, -0.25) is 9.79 Å². The van der Waals surface area contributed by atoms with Crippen LogP contribution in [0.1, 0.15) is 31.7 Å². The minimum atomic E-state index is 0.239. The van der Waals surface area contributed by atoms with Crippen molar-refractivity contribution in [3.63, 3.8) is 0 Å². The number of phenolic OH excluding ortho intramolecular Hbond substituents is 1. The molecule has 0 atom stereocenters. The number of aliphatic imine (C=N–C) groups is 1. The number of carbonyl (C=O) groups excluding carboxylic acids is 1. The quantitative estimate of drug-likeness (QED) is 0.352. The smallest absolute Gasteiger partial charge is 0.222 e. The van der Waals surface area contributed by atoms with Crippen molar-refractivity contribution in [2.75, 3.05) is 39.8 Å². The Morgan fingerprint density at radius 1 is 1.38 bits per heavy atom. The number of aromatic hydroxyl groups is 1. The van der Waals surface area contributed by atoms with Crippen LogP contribution < -0.4 is 15.4 Å². The van der Waals surface area contributed by atoms with Crippen LogP contribution in [0, 0.1) is 0 Å². The fourth-order valence-electron chi connectivity index (χ4n) is 2.93. The third-order valence-electron chi connectivity index (χ3n) is 4.35.